The van der Waals surface area contributed by atoms with Gasteiger partial charge >= 0.3 is 0 Å². The number of amides is 2. The first kappa shape index (κ1) is 28.2. The Kier molecular flexibility index (Phi) is 9.72. The molecule has 0 aliphatic carbocycles. The van der Waals surface area contributed by atoms with Crippen LogP contribution in [0.15, 0.2) is 78.9 Å². The molecule has 0 heterocycles. The quantitative estimate of drug-likeness (QED) is 0.397. The van der Waals surface area contributed by atoms with Crippen LogP contribution in [0.3, 0.4) is 0 Å². The molecule has 3 rings (SSSR count). The number of hydrogen-bond donors (Lipinski definition) is 1. The Hall–Kier alpha value is -3.36. The minimum absolute atomic E-state index is 0.105. The third-order valence-corrected chi connectivity index (χ3v) is 7.48. The fourth-order valence-electron chi connectivity index (χ4n) is 4.15. The molecule has 2 amide bonds. The van der Waals surface area contributed by atoms with Crippen molar-refractivity contribution in [1.82, 2.24) is 10.2 Å². The fraction of sp³-hybridized carbons (Fsp3) is 0.286. The summed E-state index contributed by atoms with van der Waals surface area (Å²) in [5.74, 6) is -0.832. The number of para-hydroxylation sites is 1. The predicted molar refractivity (Wildman–Crippen MR) is 148 cm³/mol. The molecular weight excluding hydrogens is 510 g/mol. The molecule has 0 spiro atoms. The summed E-state index contributed by atoms with van der Waals surface area (Å²) < 4.78 is 26.8. The van der Waals surface area contributed by atoms with Crippen molar-refractivity contribution in [3.63, 3.8) is 0 Å². The van der Waals surface area contributed by atoms with E-state index in [-0.39, 0.29) is 18.9 Å². The summed E-state index contributed by atoms with van der Waals surface area (Å²) in [7, 11) is -2.28. The van der Waals surface area contributed by atoms with Crippen LogP contribution in [0.2, 0.25) is 5.02 Å². The summed E-state index contributed by atoms with van der Waals surface area (Å²) >= 11 is 6.05. The Morgan fingerprint density at radius 1 is 0.919 bits per heavy atom. The van der Waals surface area contributed by atoms with Crippen LogP contribution in [0, 0.1) is 0 Å². The molecule has 9 heteroatoms. The van der Waals surface area contributed by atoms with Crippen LogP contribution >= 0.6 is 11.6 Å². The molecule has 1 unspecified atom stereocenters. The van der Waals surface area contributed by atoms with E-state index in [1.807, 2.05) is 49.4 Å². The maximum Gasteiger partial charge on any atom is 0.244 e. The van der Waals surface area contributed by atoms with Crippen molar-refractivity contribution in [1.29, 1.82) is 0 Å². The average Bonchev–Trinajstić information content (AvgIpc) is 2.89. The highest BCUT2D eigenvalue weighted by Crippen LogP contribution is 2.24. The van der Waals surface area contributed by atoms with Gasteiger partial charge in [-0.25, -0.2) is 8.42 Å². The first-order chi connectivity index (χ1) is 17.6. The van der Waals surface area contributed by atoms with E-state index in [2.05, 4.69) is 5.32 Å². The van der Waals surface area contributed by atoms with Crippen LogP contribution in [0.5, 0.6) is 0 Å². The van der Waals surface area contributed by atoms with Crippen LogP contribution in [-0.4, -0.2) is 51.0 Å². The summed E-state index contributed by atoms with van der Waals surface area (Å²) in [4.78, 5) is 28.5. The van der Waals surface area contributed by atoms with Gasteiger partial charge in [-0.2, -0.15) is 0 Å². The predicted octanol–water partition coefficient (Wildman–Crippen LogP) is 4.05. The molecule has 7 nitrogen and oxygen atoms in total. The van der Waals surface area contributed by atoms with E-state index in [9.17, 15) is 18.0 Å². The number of likely N-dealkylation sites (N-methyl/N-ethyl adjacent to an activating group) is 1. The molecule has 0 aliphatic rings. The van der Waals surface area contributed by atoms with Crippen molar-refractivity contribution in [2.24, 2.45) is 0 Å². The average molecular weight is 542 g/mol. The number of benzene rings is 3. The molecule has 0 aromatic heterocycles. The lowest BCUT2D eigenvalue weighted by Crippen LogP contribution is -2.53. The number of carbonyl (C=O) groups is 2. The highest BCUT2D eigenvalue weighted by atomic mass is 35.5. The maximum atomic E-state index is 13.9. The van der Waals surface area contributed by atoms with Gasteiger partial charge < -0.3 is 10.2 Å². The van der Waals surface area contributed by atoms with Crippen molar-refractivity contribution in [3.05, 3.63) is 101 Å². The minimum atomic E-state index is -3.80. The Balaban J connectivity index is 2.04. The van der Waals surface area contributed by atoms with E-state index < -0.39 is 28.5 Å². The lowest BCUT2D eigenvalue weighted by atomic mass is 10.0. The van der Waals surface area contributed by atoms with Gasteiger partial charge in [-0.05, 0) is 41.3 Å². The van der Waals surface area contributed by atoms with Crippen LogP contribution in [0.4, 0.5) is 5.69 Å². The summed E-state index contributed by atoms with van der Waals surface area (Å²) in [5, 5.41) is 3.21. The Labute approximate surface area is 224 Å². The van der Waals surface area contributed by atoms with E-state index in [1.165, 1.54) is 11.9 Å². The molecule has 0 saturated carbocycles. The number of carbonyl (C=O) groups excluding carboxylic acids is 2. The van der Waals surface area contributed by atoms with E-state index >= 15 is 0 Å². The lowest BCUT2D eigenvalue weighted by molar-refractivity contribution is -0.139. The van der Waals surface area contributed by atoms with E-state index in [1.54, 1.807) is 36.4 Å². The minimum Gasteiger partial charge on any atom is -0.357 e. The zero-order valence-corrected chi connectivity index (χ0v) is 22.8. The molecule has 1 N–H and O–H groups in total. The van der Waals surface area contributed by atoms with Gasteiger partial charge in [-0.1, -0.05) is 79.2 Å². The van der Waals surface area contributed by atoms with Crippen molar-refractivity contribution < 1.29 is 18.0 Å². The second-order valence-corrected chi connectivity index (χ2v) is 11.1. The summed E-state index contributed by atoms with van der Waals surface area (Å²) in [6.07, 6.45) is 1.94. The first-order valence-corrected chi connectivity index (χ1v) is 14.2. The van der Waals surface area contributed by atoms with E-state index in [0.717, 1.165) is 27.3 Å². The molecule has 0 aliphatic heterocycles. The molecule has 0 fully saturated rings. The largest absolute Gasteiger partial charge is 0.357 e. The van der Waals surface area contributed by atoms with Gasteiger partial charge in [0.1, 0.15) is 12.6 Å². The highest BCUT2D eigenvalue weighted by molar-refractivity contribution is 7.92. The number of aryl methyl sites for hydroxylation is 1. The third-order valence-electron chi connectivity index (χ3n) is 6.10. The SMILES string of the molecule is CCc1ccccc1N(CC(=O)N(Cc1ccc(Cl)cc1)C(Cc1ccccc1)C(=O)NC)S(C)(=O)=O. The monoisotopic (exact) mass is 541 g/mol. The van der Waals surface area contributed by atoms with Gasteiger partial charge in [-0.15, -0.1) is 0 Å². The number of nitrogens with zero attached hydrogens (tertiary/aromatic N) is 2. The normalized spacial score (nSPS) is 12.0. The van der Waals surface area contributed by atoms with Gasteiger partial charge in [0.05, 0.1) is 11.9 Å². The topological polar surface area (TPSA) is 86.8 Å². The molecule has 0 saturated heterocycles. The summed E-state index contributed by atoms with van der Waals surface area (Å²) in [6.45, 7) is 1.59. The zero-order chi connectivity index (χ0) is 27.0. The molecular formula is C28H32ClN3O4S. The van der Waals surface area contributed by atoms with Crippen molar-refractivity contribution >= 4 is 39.1 Å². The highest BCUT2D eigenvalue weighted by Gasteiger charge is 2.33. The number of hydrogen-bond acceptors (Lipinski definition) is 4. The van der Waals surface area contributed by atoms with Crippen molar-refractivity contribution in [3.8, 4) is 0 Å². The van der Waals surface area contributed by atoms with Crippen molar-refractivity contribution in [2.45, 2.75) is 32.4 Å². The number of rotatable bonds is 11. The molecule has 3 aromatic rings. The fourth-order valence-corrected chi connectivity index (χ4v) is 5.16. The second kappa shape index (κ2) is 12.7. The Bertz CT molecular complexity index is 1310. The maximum absolute atomic E-state index is 13.9. The van der Waals surface area contributed by atoms with E-state index in [4.69, 9.17) is 11.6 Å². The number of sulfonamides is 1. The molecule has 196 valence electrons. The smallest absolute Gasteiger partial charge is 0.244 e. The lowest BCUT2D eigenvalue weighted by Gasteiger charge is -2.33. The van der Waals surface area contributed by atoms with Crippen LogP contribution in [0.1, 0.15) is 23.6 Å². The standard InChI is InChI=1S/C28H32ClN3O4S/c1-4-23-12-8-9-13-25(23)32(37(3,35)36)20-27(33)31(19-22-14-16-24(29)17-15-22)26(28(34)30-2)18-21-10-6-5-7-11-21/h5-17,26H,4,18-20H2,1-3H3,(H,30,34). The van der Waals surface area contributed by atoms with Crippen LogP contribution in [-0.2, 0) is 39.0 Å². The first-order valence-electron chi connectivity index (χ1n) is 12.0. The summed E-state index contributed by atoms with van der Waals surface area (Å²) in [5.41, 5.74) is 2.89. The molecule has 1 atom stereocenters. The summed E-state index contributed by atoms with van der Waals surface area (Å²) in [6, 6.07) is 22.6. The van der Waals surface area contributed by atoms with E-state index in [0.29, 0.717) is 17.1 Å². The third kappa shape index (κ3) is 7.57. The van der Waals surface area contributed by atoms with Gasteiger partial charge in [0.25, 0.3) is 0 Å². The number of nitrogens with one attached hydrogen (secondary N) is 1. The van der Waals surface area contributed by atoms with Crippen LogP contribution < -0.4 is 9.62 Å². The van der Waals surface area contributed by atoms with Gasteiger partial charge in [-0.3, -0.25) is 13.9 Å². The Morgan fingerprint density at radius 2 is 1.54 bits per heavy atom. The molecule has 0 radical (unpaired) electrons. The number of halogens is 1. The van der Waals surface area contributed by atoms with Gasteiger partial charge in [0.2, 0.25) is 21.8 Å². The number of anilines is 1. The van der Waals surface area contributed by atoms with Gasteiger partial charge in [0, 0.05) is 25.0 Å². The Morgan fingerprint density at radius 3 is 2.14 bits per heavy atom. The van der Waals surface area contributed by atoms with Crippen LogP contribution in [0.25, 0.3) is 0 Å². The molecule has 3 aromatic carbocycles. The molecule has 37 heavy (non-hydrogen) atoms. The molecule has 0 bridgehead atoms. The second-order valence-electron chi connectivity index (χ2n) is 8.72. The van der Waals surface area contributed by atoms with Gasteiger partial charge in [0.15, 0.2) is 0 Å². The zero-order valence-electron chi connectivity index (χ0n) is 21.2. The van der Waals surface area contributed by atoms with Crippen molar-refractivity contribution in [2.75, 3.05) is 24.2 Å².